The smallest absolute Gasteiger partial charge is 0.243 e. The van der Waals surface area contributed by atoms with Crippen LogP contribution >= 0.6 is 12.4 Å². The molecule has 1 aliphatic heterocycles. The number of nitriles is 1. The number of hydrogen-bond acceptors (Lipinski definition) is 4. The molecule has 1 aromatic carbocycles. The van der Waals surface area contributed by atoms with Gasteiger partial charge in [-0.3, -0.25) is 0 Å². The highest BCUT2D eigenvalue weighted by Crippen LogP contribution is 2.25. The average Bonchev–Trinajstić information content (AvgIpc) is 2.46. The van der Waals surface area contributed by atoms with Crippen LogP contribution in [0.1, 0.15) is 24.0 Å². The molecular formula is C14H20ClN3O2S. The maximum atomic E-state index is 12.7. The first-order valence-electron chi connectivity index (χ1n) is 6.70. The van der Waals surface area contributed by atoms with Crippen LogP contribution in [0.4, 0.5) is 0 Å². The summed E-state index contributed by atoms with van der Waals surface area (Å²) in [4.78, 5) is 0.286. The molecule has 1 fully saturated rings. The average molecular weight is 330 g/mol. The molecular weight excluding hydrogens is 310 g/mol. The Morgan fingerprint density at radius 1 is 1.48 bits per heavy atom. The zero-order chi connectivity index (χ0) is 14.8. The second-order valence-corrected chi connectivity index (χ2v) is 7.11. The van der Waals surface area contributed by atoms with Gasteiger partial charge in [0.15, 0.2) is 0 Å². The number of aryl methyl sites for hydroxylation is 1. The maximum absolute atomic E-state index is 12.7. The molecule has 1 heterocycles. The summed E-state index contributed by atoms with van der Waals surface area (Å²) in [5.74, 6) is 0.234. The van der Waals surface area contributed by atoms with Crippen molar-refractivity contribution in [2.45, 2.75) is 24.7 Å². The van der Waals surface area contributed by atoms with Crippen molar-refractivity contribution in [1.29, 1.82) is 5.26 Å². The molecule has 0 saturated carbocycles. The standard InChI is InChI=1S/C14H19N3O2S.ClH/c1-11-7-12(8-15)4-5-14(11)20(18,19)17-6-2-3-13(9-16)10-17;/h4-5,7,13H,2-3,6,9-10,16H2,1H3;1H. The number of sulfonamides is 1. The van der Waals surface area contributed by atoms with E-state index in [0.29, 0.717) is 30.8 Å². The van der Waals surface area contributed by atoms with E-state index in [1.54, 1.807) is 19.1 Å². The van der Waals surface area contributed by atoms with Gasteiger partial charge in [-0.2, -0.15) is 9.57 Å². The number of benzene rings is 1. The van der Waals surface area contributed by atoms with E-state index in [1.165, 1.54) is 10.4 Å². The lowest BCUT2D eigenvalue weighted by molar-refractivity contribution is 0.271. The topological polar surface area (TPSA) is 87.2 Å². The Labute approximate surface area is 132 Å². The first-order valence-corrected chi connectivity index (χ1v) is 8.14. The second kappa shape index (κ2) is 7.23. The molecule has 0 aliphatic carbocycles. The summed E-state index contributed by atoms with van der Waals surface area (Å²) in [6.45, 7) is 3.26. The monoisotopic (exact) mass is 329 g/mol. The Morgan fingerprint density at radius 2 is 2.19 bits per heavy atom. The molecule has 2 rings (SSSR count). The highest BCUT2D eigenvalue weighted by Gasteiger charge is 2.30. The van der Waals surface area contributed by atoms with Crippen LogP contribution in [0.3, 0.4) is 0 Å². The third-order valence-electron chi connectivity index (χ3n) is 3.74. The number of halogens is 1. The number of hydrogen-bond donors (Lipinski definition) is 1. The van der Waals surface area contributed by atoms with Crippen LogP contribution in [0.25, 0.3) is 0 Å². The number of nitrogens with zero attached hydrogens (tertiary/aromatic N) is 2. The third-order valence-corrected chi connectivity index (χ3v) is 5.76. The van der Waals surface area contributed by atoms with Crippen LogP contribution in [0, 0.1) is 24.2 Å². The van der Waals surface area contributed by atoms with Gasteiger partial charge in [0.05, 0.1) is 16.5 Å². The van der Waals surface area contributed by atoms with Gasteiger partial charge < -0.3 is 5.73 Å². The molecule has 0 amide bonds. The molecule has 5 nitrogen and oxygen atoms in total. The summed E-state index contributed by atoms with van der Waals surface area (Å²) in [6, 6.07) is 6.69. The van der Waals surface area contributed by atoms with Gasteiger partial charge in [-0.25, -0.2) is 8.42 Å². The zero-order valence-corrected chi connectivity index (χ0v) is 13.6. The predicted molar refractivity (Wildman–Crippen MR) is 83.7 cm³/mol. The van der Waals surface area contributed by atoms with Gasteiger partial charge in [0, 0.05) is 13.1 Å². The van der Waals surface area contributed by atoms with Crippen LogP contribution in [-0.4, -0.2) is 32.4 Å². The van der Waals surface area contributed by atoms with Crippen molar-refractivity contribution in [1.82, 2.24) is 4.31 Å². The Hall–Kier alpha value is -1.13. The number of rotatable bonds is 3. The minimum atomic E-state index is -3.49. The second-order valence-electron chi connectivity index (χ2n) is 5.20. The van der Waals surface area contributed by atoms with Gasteiger partial charge in [-0.1, -0.05) is 0 Å². The van der Waals surface area contributed by atoms with E-state index in [2.05, 4.69) is 0 Å². The van der Waals surface area contributed by atoms with Crippen LogP contribution in [0.15, 0.2) is 23.1 Å². The summed E-state index contributed by atoms with van der Waals surface area (Å²) in [7, 11) is -3.49. The minimum Gasteiger partial charge on any atom is -0.330 e. The SMILES string of the molecule is Cc1cc(C#N)ccc1S(=O)(=O)N1CCCC(CN)C1.Cl. The van der Waals surface area contributed by atoms with Gasteiger partial charge in [0.25, 0.3) is 0 Å². The molecule has 1 saturated heterocycles. The summed E-state index contributed by atoms with van der Waals surface area (Å²) in [5.41, 5.74) is 6.74. The summed E-state index contributed by atoms with van der Waals surface area (Å²) in [5, 5.41) is 8.85. The Bertz CT molecular complexity index is 640. The van der Waals surface area contributed by atoms with Crippen LogP contribution in [-0.2, 0) is 10.0 Å². The largest absolute Gasteiger partial charge is 0.330 e. The Morgan fingerprint density at radius 3 is 2.76 bits per heavy atom. The lowest BCUT2D eigenvalue weighted by Gasteiger charge is -2.31. The molecule has 21 heavy (non-hydrogen) atoms. The summed E-state index contributed by atoms with van der Waals surface area (Å²) >= 11 is 0. The highest BCUT2D eigenvalue weighted by molar-refractivity contribution is 7.89. The van der Waals surface area contributed by atoms with Crippen molar-refractivity contribution in [3.8, 4) is 6.07 Å². The molecule has 116 valence electrons. The molecule has 0 spiro atoms. The van der Waals surface area contributed by atoms with Gasteiger partial charge in [-0.05, 0) is 56.0 Å². The molecule has 2 N–H and O–H groups in total. The molecule has 1 aliphatic rings. The normalized spacial score (nSPS) is 19.6. The first-order chi connectivity index (χ1) is 9.48. The van der Waals surface area contributed by atoms with Gasteiger partial charge >= 0.3 is 0 Å². The molecule has 0 aromatic heterocycles. The zero-order valence-electron chi connectivity index (χ0n) is 11.9. The lowest BCUT2D eigenvalue weighted by atomic mass is 10.0. The van der Waals surface area contributed by atoms with Crippen LogP contribution in [0.2, 0.25) is 0 Å². The van der Waals surface area contributed by atoms with E-state index in [4.69, 9.17) is 11.0 Å². The van der Waals surface area contributed by atoms with Crippen molar-refractivity contribution in [2.75, 3.05) is 19.6 Å². The van der Waals surface area contributed by atoms with E-state index in [0.717, 1.165) is 12.8 Å². The number of piperidine rings is 1. The van der Waals surface area contributed by atoms with E-state index in [1.807, 2.05) is 6.07 Å². The molecule has 1 unspecified atom stereocenters. The van der Waals surface area contributed by atoms with Crippen molar-refractivity contribution < 1.29 is 8.42 Å². The quantitative estimate of drug-likeness (QED) is 0.913. The van der Waals surface area contributed by atoms with Crippen molar-refractivity contribution in [3.63, 3.8) is 0 Å². The molecule has 1 atom stereocenters. The molecule has 1 aromatic rings. The highest BCUT2D eigenvalue weighted by atomic mass is 35.5. The Balaban J connectivity index is 0.00000220. The summed E-state index contributed by atoms with van der Waals surface area (Å²) in [6.07, 6.45) is 1.82. The van der Waals surface area contributed by atoms with Crippen molar-refractivity contribution >= 4 is 22.4 Å². The van der Waals surface area contributed by atoms with Crippen LogP contribution in [0.5, 0.6) is 0 Å². The lowest BCUT2D eigenvalue weighted by Crippen LogP contribution is -2.42. The molecule has 7 heteroatoms. The fourth-order valence-electron chi connectivity index (χ4n) is 2.59. The van der Waals surface area contributed by atoms with E-state index in [9.17, 15) is 8.42 Å². The third kappa shape index (κ3) is 3.74. The summed E-state index contributed by atoms with van der Waals surface area (Å²) < 4.78 is 26.9. The van der Waals surface area contributed by atoms with Gasteiger partial charge in [0.2, 0.25) is 10.0 Å². The maximum Gasteiger partial charge on any atom is 0.243 e. The predicted octanol–water partition coefficient (Wildman–Crippen LogP) is 1.65. The first kappa shape index (κ1) is 17.9. The van der Waals surface area contributed by atoms with Crippen molar-refractivity contribution in [3.05, 3.63) is 29.3 Å². The fraction of sp³-hybridized carbons (Fsp3) is 0.500. The van der Waals surface area contributed by atoms with Crippen molar-refractivity contribution in [2.24, 2.45) is 11.7 Å². The van der Waals surface area contributed by atoms with Gasteiger partial charge in [0.1, 0.15) is 0 Å². The number of nitrogens with two attached hydrogens (primary N) is 1. The minimum absolute atomic E-state index is 0. The van der Waals surface area contributed by atoms with E-state index >= 15 is 0 Å². The molecule has 0 radical (unpaired) electrons. The fourth-order valence-corrected chi connectivity index (χ4v) is 4.35. The van der Waals surface area contributed by atoms with Gasteiger partial charge in [-0.15, -0.1) is 12.4 Å². The Kier molecular flexibility index (Phi) is 6.17. The van der Waals surface area contributed by atoms with E-state index in [-0.39, 0.29) is 23.2 Å². The molecule has 0 bridgehead atoms. The van der Waals surface area contributed by atoms with Crippen LogP contribution < -0.4 is 5.73 Å². The van der Waals surface area contributed by atoms with E-state index < -0.39 is 10.0 Å².